The highest BCUT2D eigenvalue weighted by molar-refractivity contribution is 6.45. The predicted octanol–water partition coefficient (Wildman–Crippen LogP) is 3.19. The van der Waals surface area contributed by atoms with Crippen molar-refractivity contribution in [3.05, 3.63) is 59.2 Å². The number of para-hydroxylation sites is 1. The Balaban J connectivity index is 2.46. The quantitative estimate of drug-likeness (QED) is 0.681. The second-order valence-electron chi connectivity index (χ2n) is 5.07. The maximum atomic E-state index is 12.1. The third-order valence-electron chi connectivity index (χ3n) is 3.33. The molecule has 0 radical (unpaired) electrons. The van der Waals surface area contributed by atoms with Gasteiger partial charge in [-0.25, -0.2) is 0 Å². The Hall–Kier alpha value is -2.82. The first-order valence-electron chi connectivity index (χ1n) is 7.24. The molecule has 0 saturated heterocycles. The minimum atomic E-state index is -0.344. The van der Waals surface area contributed by atoms with E-state index in [0.717, 1.165) is 16.9 Å². The Kier molecular flexibility index (Phi) is 5.36. The third kappa shape index (κ3) is 3.88. The number of oxime groups is 1. The zero-order valence-corrected chi connectivity index (χ0v) is 13.7. The monoisotopic (exact) mass is 312 g/mol. The van der Waals surface area contributed by atoms with Gasteiger partial charge in [-0.05, 0) is 43.2 Å². The summed E-state index contributed by atoms with van der Waals surface area (Å²) in [6.45, 7) is 3.97. The number of carbonyl (C=O) groups excluding carboxylic acids is 1. The van der Waals surface area contributed by atoms with Crippen LogP contribution in [-0.4, -0.2) is 25.8 Å². The molecule has 0 aliphatic heterocycles. The number of amides is 1. The van der Waals surface area contributed by atoms with Gasteiger partial charge >= 0.3 is 0 Å². The van der Waals surface area contributed by atoms with Crippen molar-refractivity contribution in [2.45, 2.75) is 13.8 Å². The number of nitrogens with zero attached hydrogens (tertiary/aromatic N) is 1. The Labute approximate surface area is 135 Å². The van der Waals surface area contributed by atoms with E-state index in [9.17, 15) is 4.79 Å². The molecule has 2 rings (SSSR count). The number of benzene rings is 2. The first-order valence-corrected chi connectivity index (χ1v) is 7.24. The summed E-state index contributed by atoms with van der Waals surface area (Å²) in [5.74, 6) is 0.940. The number of hydrogen-bond acceptors (Lipinski definition) is 4. The van der Waals surface area contributed by atoms with Crippen LogP contribution >= 0.6 is 0 Å². The highest BCUT2D eigenvalue weighted by atomic mass is 16.6. The van der Waals surface area contributed by atoms with Crippen molar-refractivity contribution in [3.8, 4) is 11.5 Å². The average molecular weight is 312 g/mol. The molecule has 0 aromatic heterocycles. The zero-order chi connectivity index (χ0) is 16.8. The summed E-state index contributed by atoms with van der Waals surface area (Å²) in [4.78, 5) is 16.9. The van der Waals surface area contributed by atoms with Crippen molar-refractivity contribution in [3.63, 3.8) is 0 Å². The summed E-state index contributed by atoms with van der Waals surface area (Å²) in [7, 11) is 2.94. The largest absolute Gasteiger partial charge is 0.456 e. The molecule has 0 fully saturated rings. The SMILES string of the molecule is CNC(=O)/C(=N\OC)c1ccccc1Oc1cc(C)ccc1C. The van der Waals surface area contributed by atoms with Crippen LogP contribution in [0.1, 0.15) is 16.7 Å². The standard InChI is InChI=1S/C18H20N2O3/c1-12-9-10-13(2)16(11-12)23-15-8-6-5-7-14(15)17(20-22-4)18(21)19-3/h5-11H,1-4H3,(H,19,21)/b20-17-. The second-order valence-corrected chi connectivity index (χ2v) is 5.07. The van der Waals surface area contributed by atoms with Crippen LogP contribution in [0.5, 0.6) is 11.5 Å². The molecule has 120 valence electrons. The van der Waals surface area contributed by atoms with Crippen LogP contribution in [0.4, 0.5) is 0 Å². The van der Waals surface area contributed by atoms with Crippen molar-refractivity contribution < 1.29 is 14.4 Å². The lowest BCUT2D eigenvalue weighted by Crippen LogP contribution is -2.28. The molecule has 2 aromatic carbocycles. The van der Waals surface area contributed by atoms with E-state index in [-0.39, 0.29) is 11.6 Å². The van der Waals surface area contributed by atoms with E-state index in [2.05, 4.69) is 10.5 Å². The second kappa shape index (κ2) is 7.45. The van der Waals surface area contributed by atoms with E-state index >= 15 is 0 Å². The van der Waals surface area contributed by atoms with Crippen molar-refractivity contribution in [1.82, 2.24) is 5.32 Å². The van der Waals surface area contributed by atoms with Gasteiger partial charge in [0.1, 0.15) is 18.6 Å². The van der Waals surface area contributed by atoms with Gasteiger partial charge in [0.2, 0.25) is 0 Å². The molecule has 5 nitrogen and oxygen atoms in total. The van der Waals surface area contributed by atoms with E-state index in [0.29, 0.717) is 11.3 Å². The molecule has 2 aromatic rings. The van der Waals surface area contributed by atoms with E-state index in [1.54, 1.807) is 19.2 Å². The molecule has 1 amide bonds. The van der Waals surface area contributed by atoms with Crippen molar-refractivity contribution in [2.75, 3.05) is 14.2 Å². The van der Waals surface area contributed by atoms with Gasteiger partial charge in [0, 0.05) is 7.05 Å². The van der Waals surface area contributed by atoms with Crippen LogP contribution in [0.15, 0.2) is 47.6 Å². The maximum Gasteiger partial charge on any atom is 0.273 e. The number of likely N-dealkylation sites (N-methyl/N-ethyl adjacent to an activating group) is 1. The summed E-state index contributed by atoms with van der Waals surface area (Å²) in [6.07, 6.45) is 0. The normalized spacial score (nSPS) is 11.0. The van der Waals surface area contributed by atoms with Gasteiger partial charge in [0.25, 0.3) is 5.91 Å². The minimum absolute atomic E-state index is 0.163. The molecule has 5 heteroatoms. The molecule has 0 bridgehead atoms. The summed E-state index contributed by atoms with van der Waals surface area (Å²) in [6, 6.07) is 13.2. The number of carbonyl (C=O) groups is 1. The fourth-order valence-electron chi connectivity index (χ4n) is 2.11. The minimum Gasteiger partial charge on any atom is -0.456 e. The van der Waals surface area contributed by atoms with E-state index in [1.807, 2.05) is 44.2 Å². The number of hydrogen-bond donors (Lipinski definition) is 1. The van der Waals surface area contributed by atoms with Gasteiger partial charge in [0.15, 0.2) is 5.71 Å². The Morgan fingerprint density at radius 2 is 1.83 bits per heavy atom. The lowest BCUT2D eigenvalue weighted by Gasteiger charge is -2.14. The fraction of sp³-hybridized carbons (Fsp3) is 0.222. The van der Waals surface area contributed by atoms with E-state index < -0.39 is 0 Å². The third-order valence-corrected chi connectivity index (χ3v) is 3.33. The predicted molar refractivity (Wildman–Crippen MR) is 90.0 cm³/mol. The molecular weight excluding hydrogens is 292 g/mol. The maximum absolute atomic E-state index is 12.1. The smallest absolute Gasteiger partial charge is 0.273 e. The number of ether oxygens (including phenoxy) is 1. The first kappa shape index (κ1) is 16.5. The Morgan fingerprint density at radius 1 is 1.09 bits per heavy atom. The lowest BCUT2D eigenvalue weighted by molar-refractivity contribution is -0.114. The van der Waals surface area contributed by atoms with Crippen molar-refractivity contribution >= 4 is 11.6 Å². The zero-order valence-electron chi connectivity index (χ0n) is 13.7. The van der Waals surface area contributed by atoms with Gasteiger partial charge in [0.05, 0.1) is 5.56 Å². The molecule has 0 aliphatic rings. The number of nitrogens with one attached hydrogen (secondary N) is 1. The molecule has 0 heterocycles. The highest BCUT2D eigenvalue weighted by Gasteiger charge is 2.19. The van der Waals surface area contributed by atoms with Crippen LogP contribution in [-0.2, 0) is 9.63 Å². The summed E-state index contributed by atoms with van der Waals surface area (Å²) < 4.78 is 6.03. The van der Waals surface area contributed by atoms with Crippen LogP contribution in [0.2, 0.25) is 0 Å². The molecule has 0 saturated carbocycles. The van der Waals surface area contributed by atoms with E-state index in [4.69, 9.17) is 9.57 Å². The van der Waals surface area contributed by atoms with Gasteiger partial charge < -0.3 is 14.9 Å². The van der Waals surface area contributed by atoms with Gasteiger partial charge in [-0.2, -0.15) is 0 Å². The molecule has 23 heavy (non-hydrogen) atoms. The summed E-state index contributed by atoms with van der Waals surface area (Å²) in [5, 5.41) is 6.39. The fourth-order valence-corrected chi connectivity index (χ4v) is 2.11. The molecule has 1 N–H and O–H groups in total. The van der Waals surface area contributed by atoms with Crippen LogP contribution in [0.25, 0.3) is 0 Å². The van der Waals surface area contributed by atoms with Crippen LogP contribution in [0, 0.1) is 13.8 Å². The molecule has 0 unspecified atom stereocenters. The number of aryl methyl sites for hydroxylation is 2. The van der Waals surface area contributed by atoms with Gasteiger partial charge in [-0.3, -0.25) is 4.79 Å². The first-order chi connectivity index (χ1) is 11.1. The Bertz CT molecular complexity index is 739. The lowest BCUT2D eigenvalue weighted by atomic mass is 10.1. The van der Waals surface area contributed by atoms with Crippen molar-refractivity contribution in [1.29, 1.82) is 0 Å². The average Bonchev–Trinajstić information content (AvgIpc) is 2.56. The van der Waals surface area contributed by atoms with Gasteiger partial charge in [-0.15, -0.1) is 0 Å². The van der Waals surface area contributed by atoms with E-state index in [1.165, 1.54) is 7.11 Å². The summed E-state index contributed by atoms with van der Waals surface area (Å²) in [5.41, 5.74) is 2.83. The van der Waals surface area contributed by atoms with Crippen LogP contribution in [0.3, 0.4) is 0 Å². The molecular formula is C18H20N2O3. The Morgan fingerprint density at radius 3 is 2.52 bits per heavy atom. The topological polar surface area (TPSA) is 59.9 Å². The molecule has 0 aliphatic carbocycles. The summed E-state index contributed by atoms with van der Waals surface area (Å²) >= 11 is 0. The molecule has 0 atom stereocenters. The van der Waals surface area contributed by atoms with Crippen LogP contribution < -0.4 is 10.1 Å². The molecule has 0 spiro atoms. The highest BCUT2D eigenvalue weighted by Crippen LogP contribution is 2.29. The number of rotatable bonds is 5. The van der Waals surface area contributed by atoms with Crippen molar-refractivity contribution in [2.24, 2.45) is 5.16 Å². The van der Waals surface area contributed by atoms with Gasteiger partial charge in [-0.1, -0.05) is 29.4 Å².